The third kappa shape index (κ3) is 2.83. The molecule has 0 aliphatic carbocycles. The number of nitro benzene ring substituents is 1. The number of hydrogen-bond donors (Lipinski definition) is 0. The van der Waals surface area contributed by atoms with Crippen LogP contribution in [0.5, 0.6) is 0 Å². The number of carbonyl (C=O) groups excluding carboxylic acids is 1. The number of nitro groups is 2. The Morgan fingerprint density at radius 1 is 1.20 bits per heavy atom. The summed E-state index contributed by atoms with van der Waals surface area (Å²) >= 11 is 0. The molecule has 0 unspecified atom stereocenters. The summed E-state index contributed by atoms with van der Waals surface area (Å²) in [6, 6.07) is 6.43. The zero-order valence-corrected chi connectivity index (χ0v) is 10.0. The van der Waals surface area contributed by atoms with Crippen LogP contribution in [0.25, 0.3) is 0 Å². The molecule has 1 heterocycles. The van der Waals surface area contributed by atoms with Gasteiger partial charge in [0.2, 0.25) is 0 Å². The van der Waals surface area contributed by atoms with Crippen molar-refractivity contribution in [3.63, 3.8) is 0 Å². The molecule has 9 nitrogen and oxygen atoms in total. The Labute approximate surface area is 111 Å². The van der Waals surface area contributed by atoms with E-state index in [2.05, 4.69) is 5.10 Å². The van der Waals surface area contributed by atoms with Crippen LogP contribution in [0.3, 0.4) is 0 Å². The van der Waals surface area contributed by atoms with Gasteiger partial charge in [-0.2, -0.15) is 4.68 Å². The average molecular weight is 276 g/mol. The summed E-state index contributed by atoms with van der Waals surface area (Å²) in [4.78, 5) is 31.7. The summed E-state index contributed by atoms with van der Waals surface area (Å²) in [5, 5.41) is 24.7. The minimum absolute atomic E-state index is 0.150. The third-order valence-electron chi connectivity index (χ3n) is 2.50. The summed E-state index contributed by atoms with van der Waals surface area (Å²) < 4.78 is 1.11. The van der Waals surface area contributed by atoms with Crippen molar-refractivity contribution in [2.75, 3.05) is 0 Å². The number of hydrogen-bond acceptors (Lipinski definition) is 6. The van der Waals surface area contributed by atoms with Gasteiger partial charge < -0.3 is 10.1 Å². The molecule has 0 spiro atoms. The molecule has 1 aromatic carbocycles. The lowest BCUT2D eigenvalue weighted by Gasteiger charge is -1.99. The highest BCUT2D eigenvalue weighted by Gasteiger charge is 2.16. The van der Waals surface area contributed by atoms with Crippen molar-refractivity contribution in [2.45, 2.75) is 6.54 Å². The van der Waals surface area contributed by atoms with Gasteiger partial charge in [0.1, 0.15) is 6.54 Å². The van der Waals surface area contributed by atoms with E-state index in [4.69, 9.17) is 0 Å². The van der Waals surface area contributed by atoms with E-state index in [1.807, 2.05) is 0 Å². The number of non-ortho nitro benzene ring substituents is 1. The number of ketones is 1. The fourth-order valence-electron chi connectivity index (χ4n) is 1.57. The second-order valence-electron chi connectivity index (χ2n) is 3.86. The number of aromatic nitrogens is 2. The van der Waals surface area contributed by atoms with Crippen LogP contribution in [0.1, 0.15) is 10.4 Å². The van der Waals surface area contributed by atoms with Crippen molar-refractivity contribution in [2.24, 2.45) is 0 Å². The zero-order valence-electron chi connectivity index (χ0n) is 10.0. The van der Waals surface area contributed by atoms with Crippen molar-refractivity contribution >= 4 is 17.3 Å². The van der Waals surface area contributed by atoms with Gasteiger partial charge >= 0.3 is 5.82 Å². The molecule has 0 aliphatic rings. The molecule has 2 rings (SSSR count). The quantitative estimate of drug-likeness (QED) is 0.464. The standard InChI is InChI=1S/C11H8N4O5/c16-10(7-13-5-4-11(12-13)15(19)20)8-2-1-3-9(6-8)14(17)18/h1-6H,7H2. The number of Topliss-reactive ketones (excluding diaryl/α,β-unsaturated/α-hetero) is 1. The highest BCUT2D eigenvalue weighted by molar-refractivity contribution is 5.96. The van der Waals surface area contributed by atoms with E-state index < -0.39 is 15.6 Å². The molecule has 2 aromatic rings. The topological polar surface area (TPSA) is 121 Å². The van der Waals surface area contributed by atoms with E-state index in [1.165, 1.54) is 30.5 Å². The Bertz CT molecular complexity index is 694. The van der Waals surface area contributed by atoms with Gasteiger partial charge in [0.05, 0.1) is 22.3 Å². The summed E-state index contributed by atoms with van der Waals surface area (Å²) in [6.45, 7) is -0.227. The predicted octanol–water partition coefficient (Wildman–Crippen LogP) is 1.58. The van der Waals surface area contributed by atoms with E-state index in [0.29, 0.717) is 0 Å². The van der Waals surface area contributed by atoms with Gasteiger partial charge in [-0.1, -0.05) is 12.1 Å². The van der Waals surface area contributed by atoms with Gasteiger partial charge in [0.15, 0.2) is 5.78 Å². The van der Waals surface area contributed by atoms with Crippen LogP contribution in [-0.4, -0.2) is 25.4 Å². The Morgan fingerprint density at radius 2 is 1.95 bits per heavy atom. The lowest BCUT2D eigenvalue weighted by molar-refractivity contribution is -0.389. The maximum absolute atomic E-state index is 11.9. The van der Waals surface area contributed by atoms with Crippen molar-refractivity contribution in [1.29, 1.82) is 0 Å². The number of nitrogens with zero attached hydrogens (tertiary/aromatic N) is 4. The number of carbonyl (C=O) groups is 1. The molecule has 102 valence electrons. The highest BCUT2D eigenvalue weighted by atomic mass is 16.6. The predicted molar refractivity (Wildman–Crippen MR) is 66.3 cm³/mol. The molecule has 0 aliphatic heterocycles. The van der Waals surface area contributed by atoms with Gasteiger partial charge in [0.25, 0.3) is 5.69 Å². The maximum Gasteiger partial charge on any atom is 0.389 e. The SMILES string of the molecule is O=C(Cn1ccc([N+](=O)[O-])n1)c1cccc([N+](=O)[O-])c1. The van der Waals surface area contributed by atoms with Crippen LogP contribution in [-0.2, 0) is 6.54 Å². The average Bonchev–Trinajstić information content (AvgIpc) is 2.87. The number of rotatable bonds is 5. The first-order chi connectivity index (χ1) is 9.47. The monoisotopic (exact) mass is 276 g/mol. The molecule has 0 radical (unpaired) electrons. The molecule has 0 saturated heterocycles. The highest BCUT2D eigenvalue weighted by Crippen LogP contribution is 2.14. The molecule has 0 saturated carbocycles. The molecule has 0 bridgehead atoms. The lowest BCUT2D eigenvalue weighted by Crippen LogP contribution is -2.11. The van der Waals surface area contributed by atoms with Gasteiger partial charge in [0, 0.05) is 17.7 Å². The van der Waals surface area contributed by atoms with E-state index in [0.717, 1.165) is 10.7 Å². The Kier molecular flexibility index (Phi) is 3.51. The summed E-state index contributed by atoms with van der Waals surface area (Å²) in [6.07, 6.45) is 1.30. The van der Waals surface area contributed by atoms with Crippen molar-refractivity contribution in [1.82, 2.24) is 9.78 Å². The summed E-state index contributed by atoms with van der Waals surface area (Å²) in [5.41, 5.74) is -0.0420. The molecule has 0 N–H and O–H groups in total. The lowest BCUT2D eigenvalue weighted by atomic mass is 10.1. The van der Waals surface area contributed by atoms with Gasteiger partial charge in [-0.15, -0.1) is 0 Å². The van der Waals surface area contributed by atoms with Crippen LogP contribution in [0.15, 0.2) is 36.5 Å². The fraction of sp³-hybridized carbons (Fsp3) is 0.0909. The molecule has 0 atom stereocenters. The molecule has 0 amide bonds. The molecule has 20 heavy (non-hydrogen) atoms. The molecule has 9 heteroatoms. The third-order valence-corrected chi connectivity index (χ3v) is 2.50. The van der Waals surface area contributed by atoms with Crippen LogP contribution >= 0.6 is 0 Å². The summed E-state index contributed by atoms with van der Waals surface area (Å²) in [5.74, 6) is -0.788. The number of benzene rings is 1. The zero-order chi connectivity index (χ0) is 14.7. The van der Waals surface area contributed by atoms with Gasteiger partial charge in [-0.25, -0.2) is 0 Å². The van der Waals surface area contributed by atoms with Crippen LogP contribution in [0.4, 0.5) is 11.5 Å². The van der Waals surface area contributed by atoms with Crippen LogP contribution < -0.4 is 0 Å². The molecular weight excluding hydrogens is 268 g/mol. The van der Waals surface area contributed by atoms with E-state index in [-0.39, 0.29) is 23.6 Å². The van der Waals surface area contributed by atoms with Crippen molar-refractivity contribution in [3.05, 3.63) is 62.3 Å². The van der Waals surface area contributed by atoms with Crippen molar-refractivity contribution < 1.29 is 14.6 Å². The Hall–Kier alpha value is -3.10. The normalized spacial score (nSPS) is 10.2. The van der Waals surface area contributed by atoms with Crippen LogP contribution in [0, 0.1) is 20.2 Å². The van der Waals surface area contributed by atoms with E-state index >= 15 is 0 Å². The van der Waals surface area contributed by atoms with Crippen LogP contribution in [0.2, 0.25) is 0 Å². The Morgan fingerprint density at radius 3 is 2.55 bits per heavy atom. The van der Waals surface area contributed by atoms with Gasteiger partial charge in [-0.3, -0.25) is 14.9 Å². The minimum Gasteiger partial charge on any atom is -0.358 e. The molecule has 0 fully saturated rings. The maximum atomic E-state index is 11.9. The Balaban J connectivity index is 2.17. The van der Waals surface area contributed by atoms with E-state index in [1.54, 1.807) is 0 Å². The fourth-order valence-corrected chi connectivity index (χ4v) is 1.57. The molecular formula is C11H8N4O5. The smallest absolute Gasteiger partial charge is 0.358 e. The first kappa shape index (κ1) is 13.3. The molecule has 1 aromatic heterocycles. The van der Waals surface area contributed by atoms with E-state index in [9.17, 15) is 25.0 Å². The first-order valence-corrected chi connectivity index (χ1v) is 5.43. The second kappa shape index (κ2) is 5.26. The van der Waals surface area contributed by atoms with Crippen molar-refractivity contribution in [3.8, 4) is 0 Å². The minimum atomic E-state index is -0.672. The largest absolute Gasteiger partial charge is 0.389 e. The van der Waals surface area contributed by atoms with Gasteiger partial charge in [-0.05, 0) is 4.92 Å². The first-order valence-electron chi connectivity index (χ1n) is 5.43. The second-order valence-corrected chi connectivity index (χ2v) is 3.86. The summed E-state index contributed by atoms with van der Waals surface area (Å²) in [7, 11) is 0.